The molecule has 1 aliphatic rings. The van der Waals surface area contributed by atoms with Crippen molar-refractivity contribution in [2.45, 2.75) is 65.8 Å². The lowest BCUT2D eigenvalue weighted by molar-refractivity contribution is 0.123. The summed E-state index contributed by atoms with van der Waals surface area (Å²) in [6.07, 6.45) is 6.33. The molecule has 0 amide bonds. The van der Waals surface area contributed by atoms with Gasteiger partial charge < -0.3 is 10.1 Å². The molecule has 0 bridgehead atoms. The summed E-state index contributed by atoms with van der Waals surface area (Å²) in [5.41, 5.74) is 0.557. The van der Waals surface area contributed by atoms with Crippen LogP contribution in [0.25, 0.3) is 0 Å². The zero-order valence-electron chi connectivity index (χ0n) is 12.2. The van der Waals surface area contributed by atoms with Crippen LogP contribution in [0.2, 0.25) is 0 Å². The highest BCUT2D eigenvalue weighted by molar-refractivity contribution is 4.86. The molecule has 1 fully saturated rings. The summed E-state index contributed by atoms with van der Waals surface area (Å²) in [6, 6.07) is 0.731. The molecule has 0 aromatic rings. The molecule has 2 nitrogen and oxygen atoms in total. The van der Waals surface area contributed by atoms with E-state index in [9.17, 15) is 0 Å². The Labute approximate surface area is 108 Å². The lowest BCUT2D eigenvalue weighted by Crippen LogP contribution is -2.42. The van der Waals surface area contributed by atoms with E-state index in [1.54, 1.807) is 0 Å². The third kappa shape index (κ3) is 5.87. The van der Waals surface area contributed by atoms with Crippen LogP contribution < -0.4 is 5.32 Å². The van der Waals surface area contributed by atoms with Crippen molar-refractivity contribution in [3.05, 3.63) is 0 Å². The van der Waals surface area contributed by atoms with E-state index in [2.05, 4.69) is 33.0 Å². The third-order valence-electron chi connectivity index (χ3n) is 3.91. The molecule has 102 valence electrons. The third-order valence-corrected chi connectivity index (χ3v) is 3.91. The Morgan fingerprint density at radius 2 is 2.06 bits per heavy atom. The molecule has 2 unspecified atom stereocenters. The zero-order valence-corrected chi connectivity index (χ0v) is 12.2. The predicted octanol–water partition coefficient (Wildman–Crippen LogP) is 3.61. The minimum atomic E-state index is 0.557. The van der Waals surface area contributed by atoms with Gasteiger partial charge in [-0.05, 0) is 50.0 Å². The molecule has 2 atom stereocenters. The summed E-state index contributed by atoms with van der Waals surface area (Å²) in [7, 11) is 0. The van der Waals surface area contributed by atoms with E-state index in [0.29, 0.717) is 5.41 Å². The number of hydrogen-bond acceptors (Lipinski definition) is 2. The smallest absolute Gasteiger partial charge is 0.0478 e. The Balaban J connectivity index is 2.08. The van der Waals surface area contributed by atoms with Crippen LogP contribution in [-0.2, 0) is 4.74 Å². The Morgan fingerprint density at radius 1 is 1.29 bits per heavy atom. The van der Waals surface area contributed by atoms with Gasteiger partial charge in [0.25, 0.3) is 0 Å². The van der Waals surface area contributed by atoms with Gasteiger partial charge in [0, 0.05) is 19.3 Å². The van der Waals surface area contributed by atoms with E-state index < -0.39 is 0 Å². The second kappa shape index (κ2) is 7.38. The van der Waals surface area contributed by atoms with Gasteiger partial charge in [0.05, 0.1) is 0 Å². The van der Waals surface area contributed by atoms with Gasteiger partial charge in [0.1, 0.15) is 0 Å². The lowest BCUT2D eigenvalue weighted by Gasteiger charge is -2.39. The molecule has 17 heavy (non-hydrogen) atoms. The summed E-state index contributed by atoms with van der Waals surface area (Å²) in [4.78, 5) is 0. The maximum Gasteiger partial charge on any atom is 0.0478 e. The normalized spacial score (nSPS) is 28.2. The van der Waals surface area contributed by atoms with E-state index in [0.717, 1.165) is 44.6 Å². The summed E-state index contributed by atoms with van der Waals surface area (Å²) in [5, 5.41) is 3.71. The Morgan fingerprint density at radius 3 is 2.71 bits per heavy atom. The first-order chi connectivity index (χ1) is 8.05. The first-order valence-electron chi connectivity index (χ1n) is 7.36. The molecule has 0 spiro atoms. The van der Waals surface area contributed by atoms with Gasteiger partial charge in [-0.3, -0.25) is 0 Å². The molecule has 0 saturated heterocycles. The zero-order chi connectivity index (χ0) is 12.7. The molecule has 0 aromatic carbocycles. The maximum atomic E-state index is 5.49. The Bertz CT molecular complexity index is 203. The van der Waals surface area contributed by atoms with Crippen LogP contribution in [0.5, 0.6) is 0 Å². The van der Waals surface area contributed by atoms with Crippen molar-refractivity contribution in [2.24, 2.45) is 11.3 Å². The molecule has 0 radical (unpaired) electrons. The number of ether oxygens (including phenoxy) is 1. The fourth-order valence-corrected chi connectivity index (χ4v) is 2.96. The van der Waals surface area contributed by atoms with Gasteiger partial charge in [-0.15, -0.1) is 0 Å². The van der Waals surface area contributed by atoms with E-state index >= 15 is 0 Å². The molecule has 1 saturated carbocycles. The second-order valence-electron chi connectivity index (χ2n) is 6.41. The second-order valence-corrected chi connectivity index (χ2v) is 6.41. The van der Waals surface area contributed by atoms with Crippen molar-refractivity contribution in [1.29, 1.82) is 0 Å². The molecule has 1 N–H and O–H groups in total. The van der Waals surface area contributed by atoms with Gasteiger partial charge >= 0.3 is 0 Å². The van der Waals surface area contributed by atoms with Crippen molar-refractivity contribution in [2.75, 3.05) is 19.8 Å². The molecule has 1 rings (SSSR count). The highest BCUT2D eigenvalue weighted by atomic mass is 16.5. The van der Waals surface area contributed by atoms with Crippen molar-refractivity contribution in [3.63, 3.8) is 0 Å². The van der Waals surface area contributed by atoms with Gasteiger partial charge in [0.15, 0.2) is 0 Å². The summed E-state index contributed by atoms with van der Waals surface area (Å²) >= 11 is 0. The SMILES string of the molecule is CCCOCCCNC1CCC(C)(C)CC1C. The van der Waals surface area contributed by atoms with E-state index in [4.69, 9.17) is 4.74 Å². The predicted molar refractivity (Wildman–Crippen MR) is 74.3 cm³/mol. The minimum absolute atomic E-state index is 0.557. The van der Waals surface area contributed by atoms with E-state index in [1.807, 2.05) is 0 Å². The van der Waals surface area contributed by atoms with Crippen LogP contribution in [0.4, 0.5) is 0 Å². The minimum Gasteiger partial charge on any atom is -0.381 e. The molecular weight excluding hydrogens is 210 g/mol. The fraction of sp³-hybridized carbons (Fsp3) is 1.00. The highest BCUT2D eigenvalue weighted by Gasteiger charge is 2.31. The summed E-state index contributed by atoms with van der Waals surface area (Å²) < 4.78 is 5.49. The van der Waals surface area contributed by atoms with Crippen molar-refractivity contribution in [1.82, 2.24) is 5.32 Å². The molecule has 0 heterocycles. The average molecular weight is 241 g/mol. The Kier molecular flexibility index (Phi) is 6.50. The standard InChI is InChI=1S/C15H31NO/c1-5-10-17-11-6-9-16-14-7-8-15(3,4)12-13(14)2/h13-14,16H,5-12H2,1-4H3. The maximum absolute atomic E-state index is 5.49. The van der Waals surface area contributed by atoms with Crippen LogP contribution in [0.15, 0.2) is 0 Å². The molecule has 2 heteroatoms. The van der Waals surface area contributed by atoms with Crippen molar-refractivity contribution < 1.29 is 4.74 Å². The molecule has 0 aromatic heterocycles. The molecule has 1 aliphatic carbocycles. The van der Waals surface area contributed by atoms with Gasteiger partial charge in [-0.25, -0.2) is 0 Å². The quantitative estimate of drug-likeness (QED) is 0.688. The summed E-state index contributed by atoms with van der Waals surface area (Å²) in [5.74, 6) is 0.815. The monoisotopic (exact) mass is 241 g/mol. The lowest BCUT2D eigenvalue weighted by atomic mass is 9.70. The van der Waals surface area contributed by atoms with E-state index in [-0.39, 0.29) is 0 Å². The molecular formula is C15H31NO. The van der Waals surface area contributed by atoms with Crippen LogP contribution in [0.1, 0.15) is 59.8 Å². The first-order valence-corrected chi connectivity index (χ1v) is 7.36. The number of nitrogens with one attached hydrogen (secondary N) is 1. The first kappa shape index (κ1) is 15.0. The number of hydrogen-bond donors (Lipinski definition) is 1. The van der Waals surface area contributed by atoms with Crippen LogP contribution >= 0.6 is 0 Å². The summed E-state index contributed by atoms with van der Waals surface area (Å²) in [6.45, 7) is 12.3. The number of rotatable bonds is 7. The largest absolute Gasteiger partial charge is 0.381 e. The van der Waals surface area contributed by atoms with Gasteiger partial charge in [-0.1, -0.05) is 27.7 Å². The van der Waals surface area contributed by atoms with Gasteiger partial charge in [-0.2, -0.15) is 0 Å². The topological polar surface area (TPSA) is 21.3 Å². The van der Waals surface area contributed by atoms with Crippen LogP contribution in [0, 0.1) is 11.3 Å². The molecule has 0 aliphatic heterocycles. The van der Waals surface area contributed by atoms with Crippen molar-refractivity contribution >= 4 is 0 Å². The Hall–Kier alpha value is -0.0800. The van der Waals surface area contributed by atoms with E-state index in [1.165, 1.54) is 19.3 Å². The highest BCUT2D eigenvalue weighted by Crippen LogP contribution is 2.38. The van der Waals surface area contributed by atoms with Crippen molar-refractivity contribution in [3.8, 4) is 0 Å². The van der Waals surface area contributed by atoms with Gasteiger partial charge in [0.2, 0.25) is 0 Å². The fourth-order valence-electron chi connectivity index (χ4n) is 2.96. The van der Waals surface area contributed by atoms with Crippen LogP contribution in [0.3, 0.4) is 0 Å². The average Bonchev–Trinajstić information content (AvgIpc) is 2.25. The van der Waals surface area contributed by atoms with Crippen LogP contribution in [-0.4, -0.2) is 25.8 Å².